The summed E-state index contributed by atoms with van der Waals surface area (Å²) >= 11 is 0. The van der Waals surface area contributed by atoms with Gasteiger partial charge in [0, 0.05) is 5.69 Å². The van der Waals surface area contributed by atoms with Crippen molar-refractivity contribution >= 4 is 11.8 Å². The lowest BCUT2D eigenvalue weighted by Crippen LogP contribution is -2.16. The minimum absolute atomic E-state index is 0.0869. The number of hydrogen-bond acceptors (Lipinski definition) is 2. The van der Waals surface area contributed by atoms with Gasteiger partial charge in [0.2, 0.25) is 0 Å². The van der Waals surface area contributed by atoms with Crippen LogP contribution >= 0.6 is 0 Å². The van der Waals surface area contributed by atoms with Crippen LogP contribution in [0.4, 0.5) is 10.5 Å². The number of carbonyl (C=O) groups excluding carboxylic acids is 1. The van der Waals surface area contributed by atoms with E-state index in [1.807, 2.05) is 13.8 Å². The van der Waals surface area contributed by atoms with Gasteiger partial charge in [-0.3, -0.25) is 10.4 Å². The fourth-order valence-electron chi connectivity index (χ4n) is 0.935. The average molecular weight is 208 g/mol. The summed E-state index contributed by atoms with van der Waals surface area (Å²) < 4.78 is 4.91. The van der Waals surface area contributed by atoms with E-state index in [0.29, 0.717) is 18.2 Å². The molecule has 0 saturated heterocycles. The molecule has 1 rings (SSSR count). The molecule has 0 bridgehead atoms. The van der Waals surface area contributed by atoms with Gasteiger partial charge in [-0.1, -0.05) is 13.8 Å². The highest BCUT2D eigenvalue weighted by molar-refractivity contribution is 5.84. The molecule has 4 nitrogen and oxygen atoms in total. The van der Waals surface area contributed by atoms with Crippen LogP contribution in [0.5, 0.6) is 5.75 Å². The summed E-state index contributed by atoms with van der Waals surface area (Å²) in [5.41, 5.74) is 0.559. The van der Waals surface area contributed by atoms with Crippen molar-refractivity contribution in [3.63, 3.8) is 0 Å². The number of benzene rings is 1. The number of amides is 1. The third kappa shape index (κ3) is 4.35. The molecule has 0 fully saturated rings. The first-order valence-corrected chi connectivity index (χ1v) is 4.79. The second-order valence-corrected chi connectivity index (χ2v) is 3.64. The Hall–Kier alpha value is -1.71. The normalized spacial score (nSPS) is 10.1. The number of nitrogens with one attached hydrogen (secondary N) is 1. The maximum Gasteiger partial charge on any atom is 0.411 e. The molecule has 4 heteroatoms. The van der Waals surface area contributed by atoms with Gasteiger partial charge in [0.1, 0.15) is 0 Å². The number of rotatable bonds is 3. The van der Waals surface area contributed by atoms with E-state index in [4.69, 9.17) is 4.74 Å². The third-order valence-electron chi connectivity index (χ3n) is 1.65. The third-order valence-corrected chi connectivity index (χ3v) is 1.65. The van der Waals surface area contributed by atoms with Gasteiger partial charge in [-0.05, 0) is 30.2 Å². The minimum Gasteiger partial charge on any atom is -0.449 e. The summed E-state index contributed by atoms with van der Waals surface area (Å²) in [6.07, 6.45) is -0.498. The van der Waals surface area contributed by atoms with E-state index < -0.39 is 6.09 Å². The van der Waals surface area contributed by atoms with Gasteiger partial charge in [-0.25, -0.2) is 4.79 Å². The predicted octanol–water partition coefficient (Wildman–Crippen LogP) is 3.03. The Labute approximate surface area is 88.9 Å². The average Bonchev–Trinajstić information content (AvgIpc) is 2.19. The largest absolute Gasteiger partial charge is 0.449 e. The first-order valence-electron chi connectivity index (χ1n) is 4.79. The molecule has 1 amide bonds. The lowest BCUT2D eigenvalue weighted by molar-refractivity contribution is 0.147. The molecule has 0 heterocycles. The molecule has 0 saturated carbocycles. The van der Waals surface area contributed by atoms with Crippen LogP contribution in [0.25, 0.3) is 0 Å². The molecule has 1 aromatic carbocycles. The zero-order valence-corrected chi connectivity index (χ0v) is 8.82. The minimum atomic E-state index is -0.498. The van der Waals surface area contributed by atoms with Gasteiger partial charge in [0.05, 0.1) is 6.61 Å². The van der Waals surface area contributed by atoms with Crippen LogP contribution in [0.3, 0.4) is 0 Å². The first kappa shape index (κ1) is 11.4. The maximum absolute atomic E-state index is 11.2. The fourth-order valence-corrected chi connectivity index (χ4v) is 0.935. The lowest BCUT2D eigenvalue weighted by Gasteiger charge is -2.08. The Morgan fingerprint density at radius 3 is 2.47 bits per heavy atom. The van der Waals surface area contributed by atoms with Crippen molar-refractivity contribution in [1.82, 2.24) is 0 Å². The summed E-state index contributed by atoms with van der Waals surface area (Å²) in [7, 11) is 0. The van der Waals surface area contributed by atoms with Gasteiger partial charge in [-0.2, -0.15) is 0 Å². The Kier molecular flexibility index (Phi) is 3.97. The van der Waals surface area contributed by atoms with Crippen LogP contribution in [0.1, 0.15) is 13.8 Å². The number of carbonyl (C=O) groups is 1. The Morgan fingerprint density at radius 2 is 1.93 bits per heavy atom. The quantitative estimate of drug-likeness (QED) is 0.829. The van der Waals surface area contributed by atoms with Crippen LogP contribution in [0, 0.1) is 5.92 Å². The van der Waals surface area contributed by atoms with Gasteiger partial charge in [0.15, 0.2) is 5.75 Å². The van der Waals surface area contributed by atoms with Crippen molar-refractivity contribution in [2.24, 2.45) is 5.92 Å². The SMILES string of the molecule is CC(C)COC(=O)Nc1ccc([O])cc1. The van der Waals surface area contributed by atoms with E-state index in [1.54, 1.807) is 12.1 Å². The van der Waals surface area contributed by atoms with Gasteiger partial charge in [0.25, 0.3) is 0 Å². The van der Waals surface area contributed by atoms with Crippen molar-refractivity contribution < 1.29 is 14.6 Å². The molecular formula is C11H14NO3. The van der Waals surface area contributed by atoms with Crippen LogP contribution in [0.15, 0.2) is 24.3 Å². The second-order valence-electron chi connectivity index (χ2n) is 3.64. The number of hydrogen-bond donors (Lipinski definition) is 1. The lowest BCUT2D eigenvalue weighted by atomic mass is 10.2. The van der Waals surface area contributed by atoms with Crippen LogP contribution in [0.2, 0.25) is 0 Å². The summed E-state index contributed by atoms with van der Waals surface area (Å²) in [6, 6.07) is 5.86. The van der Waals surface area contributed by atoms with Crippen molar-refractivity contribution in [2.45, 2.75) is 13.8 Å². The molecule has 1 N–H and O–H groups in total. The van der Waals surface area contributed by atoms with E-state index in [0.717, 1.165) is 0 Å². The van der Waals surface area contributed by atoms with Gasteiger partial charge in [-0.15, -0.1) is 0 Å². The zero-order chi connectivity index (χ0) is 11.3. The molecule has 0 unspecified atom stereocenters. The zero-order valence-electron chi connectivity index (χ0n) is 8.82. The van der Waals surface area contributed by atoms with E-state index in [2.05, 4.69) is 5.32 Å². The molecule has 1 radical (unpaired) electrons. The van der Waals surface area contributed by atoms with Gasteiger partial charge >= 0.3 is 6.09 Å². The Balaban J connectivity index is 2.41. The number of ether oxygens (including phenoxy) is 1. The van der Waals surface area contributed by atoms with Gasteiger partial charge < -0.3 is 4.74 Å². The molecule has 0 spiro atoms. The molecule has 1 aromatic rings. The molecule has 81 valence electrons. The van der Waals surface area contributed by atoms with Crippen molar-refractivity contribution in [2.75, 3.05) is 11.9 Å². The molecule has 0 aliphatic rings. The first-order chi connectivity index (χ1) is 7.08. The molecular weight excluding hydrogens is 194 g/mol. The smallest absolute Gasteiger partial charge is 0.411 e. The summed E-state index contributed by atoms with van der Waals surface area (Å²) in [5.74, 6) is 0.218. The monoisotopic (exact) mass is 208 g/mol. The van der Waals surface area contributed by atoms with E-state index in [1.165, 1.54) is 12.1 Å². The van der Waals surface area contributed by atoms with Crippen molar-refractivity contribution in [1.29, 1.82) is 0 Å². The summed E-state index contributed by atoms with van der Waals surface area (Å²) in [4.78, 5) is 11.2. The fraction of sp³-hybridized carbons (Fsp3) is 0.364. The highest BCUT2D eigenvalue weighted by Gasteiger charge is 2.04. The predicted molar refractivity (Wildman–Crippen MR) is 56.4 cm³/mol. The van der Waals surface area contributed by atoms with Crippen LogP contribution in [-0.4, -0.2) is 12.7 Å². The standard InChI is InChI=1S/C11H14NO3/c1-8(2)7-15-11(14)12-9-3-5-10(13)6-4-9/h3-6,8H,7H2,1-2H3,(H,12,14). The van der Waals surface area contributed by atoms with E-state index in [9.17, 15) is 9.90 Å². The Bertz CT molecular complexity index is 319. The number of anilines is 1. The molecule has 15 heavy (non-hydrogen) atoms. The molecule has 0 aliphatic heterocycles. The molecule has 0 aromatic heterocycles. The summed E-state index contributed by atoms with van der Waals surface area (Å²) in [6.45, 7) is 4.30. The maximum atomic E-state index is 11.2. The summed E-state index contributed by atoms with van der Waals surface area (Å²) in [5, 5.41) is 13.3. The van der Waals surface area contributed by atoms with E-state index in [-0.39, 0.29) is 5.75 Å². The molecule has 0 aliphatic carbocycles. The van der Waals surface area contributed by atoms with Crippen molar-refractivity contribution in [3.8, 4) is 5.75 Å². The van der Waals surface area contributed by atoms with Crippen molar-refractivity contribution in [3.05, 3.63) is 24.3 Å². The highest BCUT2D eigenvalue weighted by atomic mass is 16.5. The highest BCUT2D eigenvalue weighted by Crippen LogP contribution is 2.14. The topological polar surface area (TPSA) is 58.2 Å². The van der Waals surface area contributed by atoms with Crippen LogP contribution in [-0.2, 0) is 9.84 Å². The second kappa shape index (κ2) is 5.24. The van der Waals surface area contributed by atoms with E-state index >= 15 is 0 Å². The Morgan fingerprint density at radius 1 is 1.33 bits per heavy atom. The molecule has 0 atom stereocenters. The van der Waals surface area contributed by atoms with Crippen LogP contribution < -0.4 is 5.32 Å².